The summed E-state index contributed by atoms with van der Waals surface area (Å²) in [7, 11) is -1.90. The van der Waals surface area contributed by atoms with Crippen molar-refractivity contribution in [3.63, 3.8) is 0 Å². The summed E-state index contributed by atoms with van der Waals surface area (Å²) in [4.78, 5) is 0. The quantitative estimate of drug-likeness (QED) is 0.750. The van der Waals surface area contributed by atoms with Crippen LogP contribution < -0.4 is 0 Å². The van der Waals surface area contributed by atoms with Gasteiger partial charge in [0.15, 0.2) is 14.4 Å². The maximum Gasteiger partial charge on any atom is 0.194 e. The number of hydrogen-bond acceptors (Lipinski definition) is 2. The van der Waals surface area contributed by atoms with Gasteiger partial charge in [-0.15, -0.1) is 0 Å². The third-order valence-corrected chi connectivity index (χ3v) is 8.07. The van der Waals surface area contributed by atoms with Gasteiger partial charge in [-0.05, 0) is 29.8 Å². The van der Waals surface area contributed by atoms with Crippen LogP contribution in [-0.4, -0.2) is 14.4 Å². The average molecular weight is 273 g/mol. The molecule has 0 bridgehead atoms. The summed E-state index contributed by atoms with van der Waals surface area (Å²) in [5.74, 6) is 0. The molecule has 1 aromatic rings. The second-order valence-corrected chi connectivity index (χ2v) is 11.0. The molecule has 0 aliphatic rings. The van der Waals surface area contributed by atoms with E-state index in [2.05, 4.69) is 39.9 Å². The standard InChI is InChI=1S/C16H23NOSi/c1-16(2,3)19(4,5)18-15(13-17)12-11-14-9-7-6-8-10-14/h6-12,15H,1-5H3/t15-/m0/s1. The van der Waals surface area contributed by atoms with Gasteiger partial charge in [0.05, 0.1) is 6.07 Å². The second kappa shape index (κ2) is 6.18. The first-order valence-corrected chi connectivity index (χ1v) is 9.48. The maximum absolute atomic E-state index is 9.23. The Morgan fingerprint density at radius 1 is 1.21 bits per heavy atom. The van der Waals surface area contributed by atoms with E-state index in [1.807, 2.05) is 42.5 Å². The molecule has 0 heterocycles. The van der Waals surface area contributed by atoms with Crippen LogP contribution in [-0.2, 0) is 4.43 Å². The lowest BCUT2D eigenvalue weighted by molar-refractivity contribution is 0.274. The normalized spacial score (nSPS) is 14.3. The second-order valence-electron chi connectivity index (χ2n) is 6.20. The summed E-state index contributed by atoms with van der Waals surface area (Å²) >= 11 is 0. The number of nitriles is 1. The van der Waals surface area contributed by atoms with Gasteiger partial charge in [0.25, 0.3) is 0 Å². The van der Waals surface area contributed by atoms with Crippen LogP contribution in [0.4, 0.5) is 0 Å². The Morgan fingerprint density at radius 2 is 1.79 bits per heavy atom. The minimum atomic E-state index is -1.90. The molecule has 0 aromatic heterocycles. The minimum Gasteiger partial charge on any atom is -0.398 e. The molecule has 1 rings (SSSR count). The highest BCUT2D eigenvalue weighted by atomic mass is 28.4. The van der Waals surface area contributed by atoms with Crippen molar-refractivity contribution in [2.45, 2.75) is 45.0 Å². The molecule has 0 aliphatic heterocycles. The molecule has 0 radical (unpaired) electrons. The van der Waals surface area contributed by atoms with Crippen LogP contribution in [0.15, 0.2) is 36.4 Å². The third-order valence-electron chi connectivity index (χ3n) is 3.62. The molecule has 0 saturated heterocycles. The van der Waals surface area contributed by atoms with Crippen molar-refractivity contribution < 1.29 is 4.43 Å². The Bertz CT molecular complexity index is 466. The van der Waals surface area contributed by atoms with Gasteiger partial charge in [-0.3, -0.25) is 0 Å². The summed E-state index contributed by atoms with van der Waals surface area (Å²) in [5, 5.41) is 9.34. The zero-order valence-electron chi connectivity index (χ0n) is 12.5. The van der Waals surface area contributed by atoms with Crippen LogP contribution in [0.1, 0.15) is 26.3 Å². The third kappa shape index (κ3) is 4.66. The highest BCUT2D eigenvalue weighted by molar-refractivity contribution is 6.74. The first kappa shape index (κ1) is 15.7. The fourth-order valence-corrected chi connectivity index (χ4v) is 2.49. The van der Waals surface area contributed by atoms with E-state index in [1.54, 1.807) is 0 Å². The number of nitrogens with zero attached hydrogens (tertiary/aromatic N) is 1. The fourth-order valence-electron chi connectivity index (χ4n) is 1.37. The van der Waals surface area contributed by atoms with E-state index in [4.69, 9.17) is 4.43 Å². The Morgan fingerprint density at radius 3 is 2.26 bits per heavy atom. The largest absolute Gasteiger partial charge is 0.398 e. The molecule has 0 unspecified atom stereocenters. The lowest BCUT2D eigenvalue weighted by Gasteiger charge is -2.37. The van der Waals surface area contributed by atoms with Crippen molar-refractivity contribution in [3.8, 4) is 6.07 Å². The lowest BCUT2D eigenvalue weighted by Crippen LogP contribution is -2.43. The van der Waals surface area contributed by atoms with Crippen LogP contribution in [0.5, 0.6) is 0 Å². The first-order chi connectivity index (χ1) is 8.76. The predicted octanol–water partition coefficient (Wildman–Crippen LogP) is 4.61. The van der Waals surface area contributed by atoms with E-state index in [0.29, 0.717) is 0 Å². The molecule has 1 aromatic carbocycles. The van der Waals surface area contributed by atoms with Crippen LogP contribution in [0.2, 0.25) is 18.1 Å². The monoisotopic (exact) mass is 273 g/mol. The SMILES string of the molecule is CC(C)(C)[Si](C)(C)O[C@H](C#N)C=Cc1ccccc1. The molecule has 0 amide bonds. The van der Waals surface area contributed by atoms with Crippen molar-refractivity contribution in [1.82, 2.24) is 0 Å². The molecule has 2 nitrogen and oxygen atoms in total. The number of rotatable bonds is 4. The zero-order chi connectivity index (χ0) is 14.5. The fraction of sp³-hybridized carbons (Fsp3) is 0.438. The van der Waals surface area contributed by atoms with Gasteiger partial charge in [0.2, 0.25) is 0 Å². The van der Waals surface area contributed by atoms with Crippen molar-refractivity contribution in [3.05, 3.63) is 42.0 Å². The number of hydrogen-bond donors (Lipinski definition) is 0. The van der Waals surface area contributed by atoms with Crippen LogP contribution in [0.25, 0.3) is 6.08 Å². The van der Waals surface area contributed by atoms with E-state index in [1.165, 1.54) is 0 Å². The van der Waals surface area contributed by atoms with E-state index < -0.39 is 14.4 Å². The summed E-state index contributed by atoms with van der Waals surface area (Å²) in [5.41, 5.74) is 1.08. The van der Waals surface area contributed by atoms with Crippen LogP contribution >= 0.6 is 0 Å². The van der Waals surface area contributed by atoms with E-state index in [-0.39, 0.29) is 5.04 Å². The predicted molar refractivity (Wildman–Crippen MR) is 83.2 cm³/mol. The average Bonchev–Trinajstić information content (AvgIpc) is 2.34. The highest BCUT2D eigenvalue weighted by Crippen LogP contribution is 2.37. The Hall–Kier alpha value is -1.37. The smallest absolute Gasteiger partial charge is 0.194 e. The van der Waals surface area contributed by atoms with Crippen LogP contribution in [0, 0.1) is 11.3 Å². The molecule has 0 aliphatic carbocycles. The highest BCUT2D eigenvalue weighted by Gasteiger charge is 2.38. The van der Waals surface area contributed by atoms with Gasteiger partial charge < -0.3 is 4.43 Å². The van der Waals surface area contributed by atoms with Gasteiger partial charge in [-0.2, -0.15) is 5.26 Å². The molecular weight excluding hydrogens is 250 g/mol. The topological polar surface area (TPSA) is 33.0 Å². The molecule has 3 heteroatoms. The van der Waals surface area contributed by atoms with Gasteiger partial charge in [0, 0.05) is 0 Å². The summed E-state index contributed by atoms with van der Waals surface area (Å²) in [6.07, 6.45) is 3.32. The molecule has 0 N–H and O–H groups in total. The van der Waals surface area contributed by atoms with Gasteiger partial charge in [0.1, 0.15) is 0 Å². The Kier molecular flexibility index (Phi) is 5.10. The lowest BCUT2D eigenvalue weighted by atomic mass is 10.2. The van der Waals surface area contributed by atoms with E-state index in [9.17, 15) is 5.26 Å². The van der Waals surface area contributed by atoms with Crippen molar-refractivity contribution >= 4 is 14.4 Å². The summed E-state index contributed by atoms with van der Waals surface area (Å²) < 4.78 is 6.06. The molecular formula is C16H23NOSi. The van der Waals surface area contributed by atoms with E-state index >= 15 is 0 Å². The van der Waals surface area contributed by atoms with Crippen molar-refractivity contribution in [1.29, 1.82) is 5.26 Å². The van der Waals surface area contributed by atoms with E-state index in [0.717, 1.165) is 5.56 Å². The molecule has 0 fully saturated rings. The molecule has 102 valence electrons. The van der Waals surface area contributed by atoms with Gasteiger partial charge >= 0.3 is 0 Å². The van der Waals surface area contributed by atoms with Gasteiger partial charge in [-0.1, -0.05) is 57.2 Å². The minimum absolute atomic E-state index is 0.114. The molecule has 1 atom stereocenters. The number of benzene rings is 1. The van der Waals surface area contributed by atoms with Crippen LogP contribution in [0.3, 0.4) is 0 Å². The summed E-state index contributed by atoms with van der Waals surface area (Å²) in [6, 6.07) is 12.2. The molecule has 19 heavy (non-hydrogen) atoms. The zero-order valence-corrected chi connectivity index (χ0v) is 13.5. The Labute approximate surface area is 117 Å². The molecule has 0 spiro atoms. The van der Waals surface area contributed by atoms with Crippen molar-refractivity contribution in [2.24, 2.45) is 0 Å². The van der Waals surface area contributed by atoms with Gasteiger partial charge in [-0.25, -0.2) is 0 Å². The molecule has 0 saturated carbocycles. The Balaban J connectivity index is 2.76. The summed E-state index contributed by atoms with van der Waals surface area (Å²) in [6.45, 7) is 10.8. The van der Waals surface area contributed by atoms with Crippen molar-refractivity contribution in [2.75, 3.05) is 0 Å². The maximum atomic E-state index is 9.23. The first-order valence-electron chi connectivity index (χ1n) is 6.57.